The van der Waals surface area contributed by atoms with Gasteiger partial charge in [-0.1, -0.05) is 6.42 Å². The molecule has 86 valence electrons. The Bertz CT molecular complexity index is 393. The second-order valence-corrected chi connectivity index (χ2v) is 3.92. The Balaban J connectivity index is 2.15. The van der Waals surface area contributed by atoms with Crippen LogP contribution in [0.15, 0.2) is 18.3 Å². The minimum Gasteiger partial charge on any atom is -0.292 e. The zero-order valence-corrected chi connectivity index (χ0v) is 8.42. The molecule has 1 aliphatic rings. The highest BCUT2D eigenvalue weighted by molar-refractivity contribution is 5.96. The van der Waals surface area contributed by atoms with E-state index in [9.17, 15) is 18.0 Å². The van der Waals surface area contributed by atoms with Crippen molar-refractivity contribution < 1.29 is 18.0 Å². The molecule has 1 aromatic heterocycles. The Hall–Kier alpha value is -1.39. The van der Waals surface area contributed by atoms with E-state index in [4.69, 9.17) is 0 Å². The average molecular weight is 229 g/mol. The molecule has 2 rings (SSSR count). The lowest BCUT2D eigenvalue weighted by Crippen LogP contribution is -2.23. The van der Waals surface area contributed by atoms with Gasteiger partial charge in [0, 0.05) is 12.1 Å². The van der Waals surface area contributed by atoms with Gasteiger partial charge in [-0.25, -0.2) is 0 Å². The van der Waals surface area contributed by atoms with Gasteiger partial charge in [-0.2, -0.15) is 13.2 Å². The van der Waals surface area contributed by atoms with Crippen molar-refractivity contribution in [3.63, 3.8) is 0 Å². The Morgan fingerprint density at radius 2 is 2.00 bits per heavy atom. The van der Waals surface area contributed by atoms with E-state index in [1.165, 1.54) is 0 Å². The highest BCUT2D eigenvalue weighted by atomic mass is 19.4. The molecule has 2 nitrogen and oxygen atoms in total. The lowest BCUT2D eigenvalue weighted by atomic mass is 9.81. The van der Waals surface area contributed by atoms with E-state index in [2.05, 4.69) is 4.98 Å². The Morgan fingerprint density at radius 3 is 2.38 bits per heavy atom. The summed E-state index contributed by atoms with van der Waals surface area (Å²) in [6.45, 7) is 0. The third-order valence-corrected chi connectivity index (χ3v) is 2.82. The molecule has 1 heterocycles. The van der Waals surface area contributed by atoms with Gasteiger partial charge in [0.1, 0.15) is 5.69 Å². The summed E-state index contributed by atoms with van der Waals surface area (Å²) >= 11 is 0. The van der Waals surface area contributed by atoms with Crippen molar-refractivity contribution in [1.29, 1.82) is 0 Å². The van der Waals surface area contributed by atoms with E-state index in [1.807, 2.05) is 0 Å². The van der Waals surface area contributed by atoms with Gasteiger partial charge < -0.3 is 0 Å². The summed E-state index contributed by atoms with van der Waals surface area (Å²) in [6.07, 6.45) is -1.03. The van der Waals surface area contributed by atoms with Crippen molar-refractivity contribution in [2.45, 2.75) is 25.4 Å². The van der Waals surface area contributed by atoms with Crippen LogP contribution in [0.1, 0.15) is 35.3 Å². The number of ketones is 1. The molecule has 1 saturated carbocycles. The number of halogens is 3. The highest BCUT2D eigenvalue weighted by Crippen LogP contribution is 2.31. The number of carbonyl (C=O) groups excluding carboxylic acids is 1. The van der Waals surface area contributed by atoms with Gasteiger partial charge in [0.25, 0.3) is 0 Å². The van der Waals surface area contributed by atoms with E-state index in [0.29, 0.717) is 6.20 Å². The summed E-state index contributed by atoms with van der Waals surface area (Å²) in [5, 5.41) is 0. The molecule has 0 amide bonds. The van der Waals surface area contributed by atoms with Crippen LogP contribution in [0, 0.1) is 5.92 Å². The predicted octanol–water partition coefficient (Wildman–Crippen LogP) is 3.08. The molecule has 1 aliphatic carbocycles. The van der Waals surface area contributed by atoms with E-state index in [1.54, 1.807) is 0 Å². The van der Waals surface area contributed by atoms with Crippen molar-refractivity contribution >= 4 is 5.78 Å². The number of alkyl halides is 3. The molecule has 0 unspecified atom stereocenters. The lowest BCUT2D eigenvalue weighted by molar-refractivity contribution is -0.137. The van der Waals surface area contributed by atoms with Gasteiger partial charge >= 0.3 is 6.18 Å². The molecular formula is C11H10F3NO. The third-order valence-electron chi connectivity index (χ3n) is 2.82. The Morgan fingerprint density at radius 1 is 1.31 bits per heavy atom. The average Bonchev–Trinajstić information content (AvgIpc) is 2.14. The maximum absolute atomic E-state index is 12.2. The van der Waals surface area contributed by atoms with Gasteiger partial charge in [0.15, 0.2) is 5.78 Å². The number of nitrogens with zero attached hydrogens (tertiary/aromatic N) is 1. The number of rotatable bonds is 2. The van der Waals surface area contributed by atoms with Crippen LogP contribution in [0.3, 0.4) is 0 Å². The number of Topliss-reactive ketones (excluding diaryl/α,β-unsaturated/α-hetero) is 1. The van der Waals surface area contributed by atoms with Gasteiger partial charge in [0.05, 0.1) is 5.56 Å². The summed E-state index contributed by atoms with van der Waals surface area (Å²) in [7, 11) is 0. The summed E-state index contributed by atoms with van der Waals surface area (Å²) in [5.41, 5.74) is -0.685. The normalized spacial score (nSPS) is 16.9. The van der Waals surface area contributed by atoms with Crippen molar-refractivity contribution in [2.75, 3.05) is 0 Å². The smallest absolute Gasteiger partial charge is 0.292 e. The van der Waals surface area contributed by atoms with Crippen LogP contribution in [0.4, 0.5) is 13.2 Å². The molecule has 0 radical (unpaired) electrons. The summed E-state index contributed by atoms with van der Waals surface area (Å²) in [6, 6.07) is 2.06. The fourth-order valence-electron chi connectivity index (χ4n) is 1.59. The second-order valence-electron chi connectivity index (χ2n) is 3.92. The Kier molecular flexibility index (Phi) is 2.69. The molecule has 0 bridgehead atoms. The van der Waals surface area contributed by atoms with Gasteiger partial charge in [-0.3, -0.25) is 9.78 Å². The Labute approximate surface area is 90.5 Å². The molecule has 1 aromatic rings. The topological polar surface area (TPSA) is 30.0 Å². The van der Waals surface area contributed by atoms with Crippen LogP contribution >= 0.6 is 0 Å². The standard InChI is InChI=1S/C11H10F3NO/c12-11(13,14)8-4-5-9(15-6-8)10(16)7-2-1-3-7/h4-7H,1-3H2. The largest absolute Gasteiger partial charge is 0.417 e. The number of aromatic nitrogens is 1. The number of hydrogen-bond acceptors (Lipinski definition) is 2. The van der Waals surface area contributed by atoms with E-state index >= 15 is 0 Å². The maximum atomic E-state index is 12.2. The van der Waals surface area contributed by atoms with E-state index in [0.717, 1.165) is 31.4 Å². The first-order valence-electron chi connectivity index (χ1n) is 5.06. The first-order valence-corrected chi connectivity index (χ1v) is 5.06. The van der Waals surface area contributed by atoms with Crippen molar-refractivity contribution in [1.82, 2.24) is 4.98 Å². The molecule has 0 aromatic carbocycles. The fraction of sp³-hybridized carbons (Fsp3) is 0.455. The number of carbonyl (C=O) groups is 1. The summed E-state index contributed by atoms with van der Waals surface area (Å²) in [4.78, 5) is 15.2. The quantitative estimate of drug-likeness (QED) is 0.729. The van der Waals surface area contributed by atoms with Crippen molar-refractivity contribution in [3.05, 3.63) is 29.6 Å². The minimum atomic E-state index is -4.40. The van der Waals surface area contributed by atoms with E-state index in [-0.39, 0.29) is 17.4 Å². The van der Waals surface area contributed by atoms with Crippen LogP contribution in [0.2, 0.25) is 0 Å². The van der Waals surface area contributed by atoms with Gasteiger partial charge in [0.2, 0.25) is 0 Å². The van der Waals surface area contributed by atoms with Crippen molar-refractivity contribution in [3.8, 4) is 0 Å². The SMILES string of the molecule is O=C(c1ccc(C(F)(F)F)cn1)C1CCC1. The maximum Gasteiger partial charge on any atom is 0.417 e. The minimum absolute atomic E-state index is 0.0377. The monoisotopic (exact) mass is 229 g/mol. The van der Waals surface area contributed by atoms with Gasteiger partial charge in [-0.05, 0) is 25.0 Å². The second kappa shape index (κ2) is 3.88. The zero-order chi connectivity index (χ0) is 11.8. The van der Waals surface area contributed by atoms with Crippen LogP contribution in [0.25, 0.3) is 0 Å². The zero-order valence-electron chi connectivity index (χ0n) is 8.42. The van der Waals surface area contributed by atoms with Crippen LogP contribution in [-0.4, -0.2) is 10.8 Å². The first-order chi connectivity index (χ1) is 7.48. The number of hydrogen-bond donors (Lipinski definition) is 0. The van der Waals surface area contributed by atoms with Crippen LogP contribution in [-0.2, 0) is 6.18 Å². The molecule has 0 aliphatic heterocycles. The molecule has 1 fully saturated rings. The third kappa shape index (κ3) is 2.08. The van der Waals surface area contributed by atoms with Crippen LogP contribution < -0.4 is 0 Å². The lowest BCUT2D eigenvalue weighted by Gasteiger charge is -2.23. The number of pyridine rings is 1. The van der Waals surface area contributed by atoms with E-state index < -0.39 is 11.7 Å². The summed E-state index contributed by atoms with van der Waals surface area (Å²) in [5.74, 6) is -0.177. The van der Waals surface area contributed by atoms with Crippen LogP contribution in [0.5, 0.6) is 0 Å². The fourth-order valence-corrected chi connectivity index (χ4v) is 1.59. The molecule has 16 heavy (non-hydrogen) atoms. The molecule has 0 N–H and O–H groups in total. The molecule has 5 heteroatoms. The predicted molar refractivity (Wildman–Crippen MR) is 50.9 cm³/mol. The molecular weight excluding hydrogens is 219 g/mol. The van der Waals surface area contributed by atoms with Crippen molar-refractivity contribution in [2.24, 2.45) is 5.92 Å². The molecule has 0 spiro atoms. The highest BCUT2D eigenvalue weighted by Gasteiger charge is 2.32. The first kappa shape index (κ1) is 11.1. The van der Waals surface area contributed by atoms with Gasteiger partial charge in [-0.15, -0.1) is 0 Å². The molecule has 0 saturated heterocycles. The summed E-state index contributed by atoms with van der Waals surface area (Å²) < 4.78 is 36.7. The molecule has 0 atom stereocenters.